The summed E-state index contributed by atoms with van der Waals surface area (Å²) in [7, 11) is 1.38. The summed E-state index contributed by atoms with van der Waals surface area (Å²) in [5.41, 5.74) is 0.528. The number of methoxy groups -OCH3 is 1. The average Bonchev–Trinajstić information content (AvgIpc) is 2.80. The van der Waals surface area contributed by atoms with Crippen molar-refractivity contribution in [3.63, 3.8) is 0 Å². The Morgan fingerprint density at radius 3 is 2.64 bits per heavy atom. The molecule has 0 bridgehead atoms. The summed E-state index contributed by atoms with van der Waals surface area (Å²) in [6.07, 6.45) is 0.697. The number of carboxylic acids is 2. The zero-order chi connectivity index (χ0) is 18.7. The van der Waals surface area contributed by atoms with Crippen molar-refractivity contribution in [3.8, 4) is 11.5 Å². The molecule has 1 heterocycles. The molecule has 1 atom stereocenters. The Balaban J connectivity index is 2.34. The molecule has 0 spiro atoms. The SMILES string of the molecule is COc1cc(/C=C2/SC(=S)N([C@H](CC(=O)O)C(=O)O)C2=O)ccc1O. The van der Waals surface area contributed by atoms with E-state index in [0.29, 0.717) is 5.56 Å². The van der Waals surface area contributed by atoms with E-state index in [1.807, 2.05) is 0 Å². The van der Waals surface area contributed by atoms with Crippen LogP contribution >= 0.6 is 24.0 Å². The van der Waals surface area contributed by atoms with E-state index in [9.17, 15) is 24.6 Å². The second-order valence-corrected chi connectivity index (χ2v) is 6.61. The van der Waals surface area contributed by atoms with Gasteiger partial charge >= 0.3 is 11.9 Å². The molecular weight excluding hydrogens is 370 g/mol. The van der Waals surface area contributed by atoms with E-state index in [1.165, 1.54) is 31.4 Å². The molecule has 8 nitrogen and oxygen atoms in total. The molecule has 132 valence electrons. The fourth-order valence-corrected chi connectivity index (χ4v) is 3.50. The van der Waals surface area contributed by atoms with Gasteiger partial charge in [-0.3, -0.25) is 14.5 Å². The second kappa shape index (κ2) is 7.53. The van der Waals surface area contributed by atoms with Crippen LogP contribution < -0.4 is 4.74 Å². The number of rotatable bonds is 6. The minimum atomic E-state index is -1.58. The number of phenols is 1. The summed E-state index contributed by atoms with van der Waals surface area (Å²) < 4.78 is 4.95. The number of aromatic hydroxyl groups is 1. The summed E-state index contributed by atoms with van der Waals surface area (Å²) in [6.45, 7) is 0. The van der Waals surface area contributed by atoms with Crippen LogP contribution in [-0.2, 0) is 14.4 Å². The van der Waals surface area contributed by atoms with Crippen molar-refractivity contribution in [1.29, 1.82) is 0 Å². The molecule has 0 saturated carbocycles. The average molecular weight is 383 g/mol. The van der Waals surface area contributed by atoms with Crippen molar-refractivity contribution in [2.75, 3.05) is 7.11 Å². The van der Waals surface area contributed by atoms with E-state index >= 15 is 0 Å². The number of carboxylic acid groups (broad SMARTS) is 2. The highest BCUT2D eigenvalue weighted by molar-refractivity contribution is 8.26. The number of thioether (sulfide) groups is 1. The Hall–Kier alpha value is -2.59. The van der Waals surface area contributed by atoms with E-state index in [2.05, 4.69) is 0 Å². The maximum absolute atomic E-state index is 12.5. The van der Waals surface area contributed by atoms with Gasteiger partial charge in [0, 0.05) is 0 Å². The summed E-state index contributed by atoms with van der Waals surface area (Å²) in [6, 6.07) is 2.84. The molecule has 0 unspecified atom stereocenters. The standard InChI is InChI=1S/C15H13NO7S2/c1-23-10-4-7(2-3-9(10)17)5-11-13(20)16(15(24)25-11)8(14(21)22)6-12(18)19/h2-5,8,17H,6H2,1H3,(H,18,19)(H,21,22)/b11-5+/t8-/m1/s1. The van der Waals surface area contributed by atoms with Gasteiger partial charge in [-0.25, -0.2) is 4.79 Å². The largest absolute Gasteiger partial charge is 0.504 e. The number of thiocarbonyl (C=S) groups is 1. The molecule has 25 heavy (non-hydrogen) atoms. The minimum absolute atomic E-state index is 0.0318. The Morgan fingerprint density at radius 1 is 1.40 bits per heavy atom. The Kier molecular flexibility index (Phi) is 5.65. The van der Waals surface area contributed by atoms with Crippen LogP contribution in [0.4, 0.5) is 0 Å². The number of phenolic OH excluding ortho intramolecular Hbond substituents is 1. The van der Waals surface area contributed by atoms with E-state index in [-0.39, 0.29) is 20.7 Å². The summed E-state index contributed by atoms with van der Waals surface area (Å²) >= 11 is 5.91. The van der Waals surface area contributed by atoms with Gasteiger partial charge in [-0.05, 0) is 23.8 Å². The summed E-state index contributed by atoms with van der Waals surface area (Å²) in [5.74, 6) is -3.35. The van der Waals surface area contributed by atoms with Crippen LogP contribution in [0.2, 0.25) is 0 Å². The van der Waals surface area contributed by atoms with Crippen LogP contribution in [0.5, 0.6) is 11.5 Å². The van der Waals surface area contributed by atoms with Crippen molar-refractivity contribution >= 4 is 52.2 Å². The third-order valence-electron chi connectivity index (χ3n) is 3.29. The number of carbonyl (C=O) groups is 3. The third kappa shape index (κ3) is 4.09. The third-order valence-corrected chi connectivity index (χ3v) is 4.62. The molecule has 1 saturated heterocycles. The van der Waals surface area contributed by atoms with Gasteiger partial charge in [0.25, 0.3) is 5.91 Å². The van der Waals surface area contributed by atoms with Crippen molar-refractivity contribution in [1.82, 2.24) is 4.90 Å². The summed E-state index contributed by atoms with van der Waals surface area (Å²) in [4.78, 5) is 35.6. The first-order valence-electron chi connectivity index (χ1n) is 6.83. The van der Waals surface area contributed by atoms with E-state index in [0.717, 1.165) is 16.7 Å². The number of ether oxygens (including phenoxy) is 1. The molecule has 0 aliphatic carbocycles. The lowest BCUT2D eigenvalue weighted by molar-refractivity contribution is -0.150. The van der Waals surface area contributed by atoms with Crippen LogP contribution in [0.1, 0.15) is 12.0 Å². The molecule has 1 aliphatic heterocycles. The Labute approximate surface area is 151 Å². The number of amides is 1. The maximum Gasteiger partial charge on any atom is 0.327 e. The number of benzene rings is 1. The number of nitrogens with zero attached hydrogens (tertiary/aromatic N) is 1. The lowest BCUT2D eigenvalue weighted by atomic mass is 10.1. The zero-order valence-electron chi connectivity index (χ0n) is 12.8. The molecule has 1 aromatic carbocycles. The van der Waals surface area contributed by atoms with Crippen LogP contribution in [-0.4, -0.2) is 55.5 Å². The van der Waals surface area contributed by atoms with Crippen LogP contribution in [0.25, 0.3) is 6.08 Å². The second-order valence-electron chi connectivity index (χ2n) is 4.93. The van der Waals surface area contributed by atoms with Crippen molar-refractivity contribution < 1.29 is 34.4 Å². The molecule has 1 amide bonds. The van der Waals surface area contributed by atoms with Gasteiger partial charge in [0.15, 0.2) is 11.5 Å². The zero-order valence-corrected chi connectivity index (χ0v) is 14.5. The minimum Gasteiger partial charge on any atom is -0.504 e. The highest BCUT2D eigenvalue weighted by Gasteiger charge is 2.41. The van der Waals surface area contributed by atoms with Gasteiger partial charge in [-0.1, -0.05) is 30.0 Å². The van der Waals surface area contributed by atoms with E-state index < -0.39 is 30.3 Å². The predicted molar refractivity (Wildman–Crippen MR) is 93.3 cm³/mol. The van der Waals surface area contributed by atoms with E-state index in [4.69, 9.17) is 22.1 Å². The normalized spacial score (nSPS) is 17.0. The quantitative estimate of drug-likeness (QED) is 0.495. The van der Waals surface area contributed by atoms with Crippen LogP contribution in [0.3, 0.4) is 0 Å². The van der Waals surface area contributed by atoms with Crippen molar-refractivity contribution in [3.05, 3.63) is 28.7 Å². The first-order valence-corrected chi connectivity index (χ1v) is 8.05. The van der Waals surface area contributed by atoms with Crippen LogP contribution in [0.15, 0.2) is 23.1 Å². The number of hydrogen-bond acceptors (Lipinski definition) is 7. The van der Waals surface area contributed by atoms with Gasteiger partial charge in [-0.15, -0.1) is 0 Å². The lowest BCUT2D eigenvalue weighted by Crippen LogP contribution is -2.45. The molecule has 1 aliphatic rings. The number of carbonyl (C=O) groups excluding carboxylic acids is 1. The van der Waals surface area contributed by atoms with E-state index in [1.54, 1.807) is 0 Å². The van der Waals surface area contributed by atoms with Gasteiger partial charge in [0.2, 0.25) is 0 Å². The van der Waals surface area contributed by atoms with Gasteiger partial charge in [0.1, 0.15) is 10.4 Å². The number of hydrogen-bond donors (Lipinski definition) is 3. The molecule has 3 N–H and O–H groups in total. The van der Waals surface area contributed by atoms with Crippen molar-refractivity contribution in [2.45, 2.75) is 12.5 Å². The predicted octanol–water partition coefficient (Wildman–Crippen LogP) is 1.53. The maximum atomic E-state index is 12.5. The molecular formula is C15H13NO7S2. The monoisotopic (exact) mass is 383 g/mol. The Morgan fingerprint density at radius 2 is 2.08 bits per heavy atom. The Bertz CT molecular complexity index is 790. The van der Waals surface area contributed by atoms with Gasteiger partial charge in [-0.2, -0.15) is 0 Å². The van der Waals surface area contributed by atoms with Gasteiger partial charge < -0.3 is 20.1 Å². The topological polar surface area (TPSA) is 124 Å². The fourth-order valence-electron chi connectivity index (χ4n) is 2.14. The highest BCUT2D eigenvalue weighted by atomic mass is 32.2. The van der Waals surface area contributed by atoms with Crippen LogP contribution in [0, 0.1) is 0 Å². The molecule has 0 radical (unpaired) electrons. The summed E-state index contributed by atoms with van der Waals surface area (Å²) in [5, 5.41) is 27.6. The molecule has 1 fully saturated rings. The number of aliphatic carboxylic acids is 2. The first-order chi connectivity index (χ1) is 11.7. The molecule has 1 aromatic rings. The first kappa shape index (κ1) is 18.7. The smallest absolute Gasteiger partial charge is 0.327 e. The molecule has 0 aromatic heterocycles. The molecule has 2 rings (SSSR count). The lowest BCUT2D eigenvalue weighted by Gasteiger charge is -2.21. The highest BCUT2D eigenvalue weighted by Crippen LogP contribution is 2.36. The van der Waals surface area contributed by atoms with Gasteiger partial charge in [0.05, 0.1) is 18.4 Å². The van der Waals surface area contributed by atoms with Crippen molar-refractivity contribution in [2.24, 2.45) is 0 Å². The fraction of sp³-hybridized carbons (Fsp3) is 0.200. The molecule has 10 heteroatoms.